The number of hydrogen-bond donors (Lipinski definition) is 0. The highest BCUT2D eigenvalue weighted by Crippen LogP contribution is 2.17. The Morgan fingerprint density at radius 1 is 1.12 bits per heavy atom. The van der Waals surface area contributed by atoms with Crippen LogP contribution in [0, 0.1) is 27.7 Å². The first-order valence-corrected chi connectivity index (χ1v) is 9.41. The Hall–Kier alpha value is -2.37. The first-order chi connectivity index (χ1) is 12.5. The molecule has 0 radical (unpaired) electrons. The summed E-state index contributed by atoms with van der Waals surface area (Å²) in [5.74, 6) is 0.225. The Morgan fingerprint density at radius 2 is 1.92 bits per heavy atom. The van der Waals surface area contributed by atoms with Gasteiger partial charge in [0.05, 0.1) is 5.69 Å². The molecule has 0 spiro atoms. The normalized spacial score (nSPS) is 15.2. The highest BCUT2D eigenvalue weighted by Gasteiger charge is 2.20. The third-order valence-corrected chi connectivity index (χ3v) is 5.37. The second-order valence-corrected chi connectivity index (χ2v) is 7.15. The van der Waals surface area contributed by atoms with Crippen molar-refractivity contribution < 1.29 is 4.79 Å². The van der Waals surface area contributed by atoms with Crippen molar-refractivity contribution in [3.05, 3.63) is 41.0 Å². The molecule has 140 valence electrons. The summed E-state index contributed by atoms with van der Waals surface area (Å²) in [5.41, 5.74) is 5.65. The molecule has 0 N–H and O–H groups in total. The third kappa shape index (κ3) is 4.06. The number of carbonyl (C=O) groups excluding carboxylic acids is 1. The molecule has 2 aromatic rings. The maximum Gasteiger partial charge on any atom is 0.224 e. The maximum atomic E-state index is 12.7. The Morgan fingerprint density at radius 3 is 2.62 bits per heavy atom. The van der Waals surface area contributed by atoms with Gasteiger partial charge >= 0.3 is 0 Å². The molecule has 1 amide bonds. The van der Waals surface area contributed by atoms with Crippen LogP contribution in [0.25, 0.3) is 0 Å². The van der Waals surface area contributed by atoms with Gasteiger partial charge in [-0.3, -0.25) is 14.5 Å². The van der Waals surface area contributed by atoms with Crippen LogP contribution in [0.15, 0.2) is 18.3 Å². The molecular formula is C20H29N5O. The molecule has 1 saturated heterocycles. The standard InChI is InChI=1S/C20H29N5O/c1-15-14-19(6-8-21-15)23-9-5-10-24(13-12-23)20(26)7-11-25-18(4)16(2)17(3)22-25/h6,8,14H,5,7,9-13H2,1-4H3. The van der Waals surface area contributed by atoms with Crippen molar-refractivity contribution in [3.63, 3.8) is 0 Å². The van der Waals surface area contributed by atoms with Crippen LogP contribution in [0.1, 0.15) is 35.5 Å². The molecule has 3 heterocycles. The molecule has 6 nitrogen and oxygen atoms in total. The van der Waals surface area contributed by atoms with Gasteiger partial charge in [0.1, 0.15) is 0 Å². The lowest BCUT2D eigenvalue weighted by Gasteiger charge is -2.24. The lowest BCUT2D eigenvalue weighted by Crippen LogP contribution is -2.35. The minimum Gasteiger partial charge on any atom is -0.370 e. The molecule has 0 aliphatic carbocycles. The van der Waals surface area contributed by atoms with E-state index in [0.29, 0.717) is 13.0 Å². The van der Waals surface area contributed by atoms with Gasteiger partial charge in [0.25, 0.3) is 0 Å². The van der Waals surface area contributed by atoms with Crippen molar-refractivity contribution in [2.45, 2.75) is 47.1 Å². The van der Waals surface area contributed by atoms with Crippen LogP contribution in [0.3, 0.4) is 0 Å². The van der Waals surface area contributed by atoms with Crippen molar-refractivity contribution in [3.8, 4) is 0 Å². The van der Waals surface area contributed by atoms with E-state index in [1.807, 2.05) is 29.6 Å². The average Bonchev–Trinajstić information content (AvgIpc) is 2.83. The summed E-state index contributed by atoms with van der Waals surface area (Å²) < 4.78 is 1.96. The van der Waals surface area contributed by atoms with Crippen LogP contribution in [0.2, 0.25) is 0 Å². The largest absolute Gasteiger partial charge is 0.370 e. The van der Waals surface area contributed by atoms with Gasteiger partial charge in [-0.25, -0.2) is 0 Å². The highest BCUT2D eigenvalue weighted by molar-refractivity contribution is 5.76. The molecule has 1 aliphatic heterocycles. The summed E-state index contributed by atoms with van der Waals surface area (Å²) in [6.07, 6.45) is 3.36. The third-order valence-electron chi connectivity index (χ3n) is 5.37. The second kappa shape index (κ2) is 7.89. The smallest absolute Gasteiger partial charge is 0.224 e. The van der Waals surface area contributed by atoms with Crippen LogP contribution >= 0.6 is 0 Å². The number of aryl methyl sites for hydroxylation is 3. The number of pyridine rings is 1. The lowest BCUT2D eigenvalue weighted by atomic mass is 10.2. The summed E-state index contributed by atoms with van der Waals surface area (Å²) in [5, 5.41) is 4.54. The van der Waals surface area contributed by atoms with Gasteiger partial charge in [0, 0.05) is 62.4 Å². The molecule has 0 atom stereocenters. The van der Waals surface area contributed by atoms with Crippen molar-refractivity contribution in [1.82, 2.24) is 19.7 Å². The number of aromatic nitrogens is 3. The topological polar surface area (TPSA) is 54.3 Å². The van der Waals surface area contributed by atoms with Gasteiger partial charge in [-0.1, -0.05) is 0 Å². The number of nitrogens with zero attached hydrogens (tertiary/aromatic N) is 5. The zero-order valence-corrected chi connectivity index (χ0v) is 16.3. The number of carbonyl (C=O) groups is 1. The van der Waals surface area contributed by atoms with Crippen LogP contribution in [-0.2, 0) is 11.3 Å². The van der Waals surface area contributed by atoms with Crippen LogP contribution in [-0.4, -0.2) is 51.8 Å². The Balaban J connectivity index is 1.56. The molecule has 2 aromatic heterocycles. The second-order valence-electron chi connectivity index (χ2n) is 7.15. The van der Waals surface area contributed by atoms with E-state index in [-0.39, 0.29) is 5.91 Å². The lowest BCUT2D eigenvalue weighted by molar-refractivity contribution is -0.131. The van der Waals surface area contributed by atoms with Gasteiger partial charge in [-0.05, 0) is 51.8 Å². The van der Waals surface area contributed by atoms with Crippen molar-refractivity contribution in [1.29, 1.82) is 0 Å². The predicted octanol–water partition coefficient (Wildman–Crippen LogP) is 2.64. The highest BCUT2D eigenvalue weighted by atomic mass is 16.2. The monoisotopic (exact) mass is 355 g/mol. The van der Waals surface area contributed by atoms with Gasteiger partial charge < -0.3 is 9.80 Å². The van der Waals surface area contributed by atoms with E-state index >= 15 is 0 Å². The van der Waals surface area contributed by atoms with Crippen LogP contribution < -0.4 is 4.90 Å². The minimum absolute atomic E-state index is 0.225. The Labute approximate surface area is 155 Å². The van der Waals surface area contributed by atoms with Gasteiger partial charge in [-0.15, -0.1) is 0 Å². The molecular weight excluding hydrogens is 326 g/mol. The molecule has 6 heteroatoms. The molecule has 0 aromatic carbocycles. The summed E-state index contributed by atoms with van der Waals surface area (Å²) in [6, 6.07) is 4.16. The van der Waals surface area contributed by atoms with Gasteiger partial charge in [0.15, 0.2) is 0 Å². The van der Waals surface area contributed by atoms with E-state index in [9.17, 15) is 4.79 Å². The van der Waals surface area contributed by atoms with E-state index in [2.05, 4.69) is 41.0 Å². The fraction of sp³-hybridized carbons (Fsp3) is 0.550. The molecule has 1 aliphatic rings. The average molecular weight is 355 g/mol. The van der Waals surface area contributed by atoms with Crippen LogP contribution in [0.5, 0.6) is 0 Å². The zero-order chi connectivity index (χ0) is 18.7. The summed E-state index contributed by atoms with van der Waals surface area (Å²) in [7, 11) is 0. The number of rotatable bonds is 4. The van der Waals surface area contributed by atoms with Gasteiger partial charge in [0.2, 0.25) is 5.91 Å². The fourth-order valence-electron chi connectivity index (χ4n) is 3.52. The Bertz CT molecular complexity index is 783. The molecule has 26 heavy (non-hydrogen) atoms. The molecule has 0 unspecified atom stereocenters. The van der Waals surface area contributed by atoms with E-state index in [1.165, 1.54) is 11.3 Å². The molecule has 3 rings (SSSR count). The Kier molecular flexibility index (Phi) is 5.59. The van der Waals surface area contributed by atoms with Crippen molar-refractivity contribution >= 4 is 11.6 Å². The fourth-order valence-corrected chi connectivity index (χ4v) is 3.52. The van der Waals surface area contributed by atoms with Crippen LogP contribution in [0.4, 0.5) is 5.69 Å². The zero-order valence-electron chi connectivity index (χ0n) is 16.3. The van der Waals surface area contributed by atoms with E-state index in [0.717, 1.165) is 49.7 Å². The first-order valence-electron chi connectivity index (χ1n) is 9.41. The van der Waals surface area contributed by atoms with E-state index in [1.54, 1.807) is 0 Å². The molecule has 0 saturated carbocycles. The summed E-state index contributed by atoms with van der Waals surface area (Å²) in [4.78, 5) is 21.3. The van der Waals surface area contributed by atoms with Crippen molar-refractivity contribution in [2.24, 2.45) is 0 Å². The number of anilines is 1. The number of hydrogen-bond acceptors (Lipinski definition) is 4. The minimum atomic E-state index is 0.225. The number of amides is 1. The molecule has 0 bridgehead atoms. The SMILES string of the molecule is Cc1cc(N2CCCN(C(=O)CCn3nc(C)c(C)c3C)CC2)ccn1. The van der Waals surface area contributed by atoms with E-state index in [4.69, 9.17) is 0 Å². The maximum absolute atomic E-state index is 12.7. The summed E-state index contributed by atoms with van der Waals surface area (Å²) >= 11 is 0. The first kappa shape index (κ1) is 18.4. The predicted molar refractivity (Wildman–Crippen MR) is 103 cm³/mol. The van der Waals surface area contributed by atoms with Crippen molar-refractivity contribution in [2.75, 3.05) is 31.1 Å². The van der Waals surface area contributed by atoms with Gasteiger partial charge in [-0.2, -0.15) is 5.10 Å². The van der Waals surface area contributed by atoms with E-state index < -0.39 is 0 Å². The summed E-state index contributed by atoms with van der Waals surface area (Å²) in [6.45, 7) is 12.3. The molecule has 1 fully saturated rings. The quantitative estimate of drug-likeness (QED) is 0.846.